The smallest absolute Gasteiger partial charge is 0.341 e. The Morgan fingerprint density at radius 1 is 1.33 bits per heavy atom. The molecule has 2 aromatic rings. The van der Waals surface area contributed by atoms with E-state index in [1.54, 1.807) is 7.05 Å². The van der Waals surface area contributed by atoms with Crippen LogP contribution in [-0.4, -0.2) is 34.5 Å². The number of nitrogens with zero attached hydrogens (tertiary/aromatic N) is 3. The van der Waals surface area contributed by atoms with E-state index in [4.69, 9.17) is 0 Å². The van der Waals surface area contributed by atoms with Gasteiger partial charge in [-0.1, -0.05) is 25.1 Å². The summed E-state index contributed by atoms with van der Waals surface area (Å²) < 4.78 is 55.6. The molecule has 0 saturated heterocycles. The van der Waals surface area contributed by atoms with E-state index in [0.717, 1.165) is 6.07 Å². The molecule has 0 aliphatic rings. The lowest BCUT2D eigenvalue weighted by Crippen LogP contribution is -2.30. The van der Waals surface area contributed by atoms with Crippen molar-refractivity contribution in [3.63, 3.8) is 0 Å². The van der Waals surface area contributed by atoms with E-state index < -0.39 is 29.6 Å². The van der Waals surface area contributed by atoms with Gasteiger partial charge in [0.25, 0.3) is 5.91 Å². The predicted octanol–water partition coefficient (Wildman–Crippen LogP) is 3.62. The van der Waals surface area contributed by atoms with Crippen molar-refractivity contribution in [1.29, 1.82) is 0 Å². The third-order valence-electron chi connectivity index (χ3n) is 3.11. The fraction of sp³-hybridized carbons (Fsp3) is 0.400. The summed E-state index contributed by atoms with van der Waals surface area (Å²) in [5, 5.41) is 3.17. The van der Waals surface area contributed by atoms with Crippen LogP contribution in [0.3, 0.4) is 0 Å². The number of alkyl halides is 3. The molecule has 0 unspecified atom stereocenters. The molecule has 130 valence electrons. The SMILES string of the molecule is CC(C)CN(C)C(=O)c1ccc(-c2noc(C(F)(F)F)n2)cc1F. The standard InChI is InChI=1S/C15H15F4N3O2/c1-8(2)7-22(3)13(23)10-5-4-9(6-11(10)16)12-20-14(24-21-12)15(17,18)19/h4-6,8H,7H2,1-3H3. The number of carbonyl (C=O) groups is 1. The molecule has 0 saturated carbocycles. The first kappa shape index (κ1) is 17.9. The molecule has 1 amide bonds. The van der Waals surface area contributed by atoms with Crippen molar-refractivity contribution in [2.45, 2.75) is 20.0 Å². The maximum Gasteiger partial charge on any atom is 0.471 e. The highest BCUT2D eigenvalue weighted by atomic mass is 19.4. The minimum atomic E-state index is -4.78. The van der Waals surface area contributed by atoms with Crippen LogP contribution >= 0.6 is 0 Å². The summed E-state index contributed by atoms with van der Waals surface area (Å²) in [4.78, 5) is 16.7. The zero-order chi connectivity index (χ0) is 18.1. The van der Waals surface area contributed by atoms with Crippen LogP contribution in [0, 0.1) is 11.7 Å². The zero-order valence-corrected chi connectivity index (χ0v) is 13.2. The molecule has 1 aromatic carbocycles. The Morgan fingerprint density at radius 3 is 2.50 bits per heavy atom. The van der Waals surface area contributed by atoms with Crippen LogP contribution in [0.5, 0.6) is 0 Å². The average Bonchev–Trinajstić information content (AvgIpc) is 2.95. The quantitative estimate of drug-likeness (QED) is 0.794. The molecule has 0 N–H and O–H groups in total. The van der Waals surface area contributed by atoms with Crippen LogP contribution in [0.2, 0.25) is 0 Å². The number of aromatic nitrogens is 2. The largest absolute Gasteiger partial charge is 0.471 e. The van der Waals surface area contributed by atoms with Gasteiger partial charge in [0.05, 0.1) is 5.56 Å². The average molecular weight is 345 g/mol. The maximum atomic E-state index is 14.2. The lowest BCUT2D eigenvalue weighted by atomic mass is 10.1. The Balaban J connectivity index is 2.27. The molecule has 1 heterocycles. The summed E-state index contributed by atoms with van der Waals surface area (Å²) >= 11 is 0. The second-order valence-electron chi connectivity index (χ2n) is 5.70. The molecule has 1 aromatic heterocycles. The molecule has 5 nitrogen and oxygen atoms in total. The van der Waals surface area contributed by atoms with Crippen molar-refractivity contribution in [3.8, 4) is 11.4 Å². The molecule has 0 fully saturated rings. The Labute approximate surface area is 135 Å². The van der Waals surface area contributed by atoms with Gasteiger partial charge in [0.15, 0.2) is 0 Å². The molecule has 9 heteroatoms. The van der Waals surface area contributed by atoms with Crippen LogP contribution in [0.4, 0.5) is 17.6 Å². The molecule has 24 heavy (non-hydrogen) atoms. The highest BCUT2D eigenvalue weighted by Gasteiger charge is 2.38. The van der Waals surface area contributed by atoms with Crippen molar-refractivity contribution in [3.05, 3.63) is 35.5 Å². The maximum absolute atomic E-state index is 14.2. The Morgan fingerprint density at radius 2 is 2.00 bits per heavy atom. The van der Waals surface area contributed by atoms with E-state index in [1.807, 2.05) is 13.8 Å². The number of carbonyl (C=O) groups excluding carboxylic acids is 1. The molecule has 0 radical (unpaired) electrons. The Kier molecular flexibility index (Phi) is 4.91. The first-order valence-corrected chi connectivity index (χ1v) is 7.06. The predicted molar refractivity (Wildman–Crippen MR) is 76.5 cm³/mol. The highest BCUT2D eigenvalue weighted by Crippen LogP contribution is 2.29. The molecule has 0 spiro atoms. The number of benzene rings is 1. The molecule has 0 aliphatic heterocycles. The first-order valence-electron chi connectivity index (χ1n) is 7.06. The molecular weight excluding hydrogens is 330 g/mol. The van der Waals surface area contributed by atoms with Crippen molar-refractivity contribution in [1.82, 2.24) is 15.0 Å². The molecular formula is C15H15F4N3O2. The van der Waals surface area contributed by atoms with Gasteiger partial charge in [-0.05, 0) is 18.1 Å². The van der Waals surface area contributed by atoms with E-state index >= 15 is 0 Å². The van der Waals surface area contributed by atoms with E-state index in [9.17, 15) is 22.4 Å². The van der Waals surface area contributed by atoms with Gasteiger partial charge in [0, 0.05) is 19.2 Å². The van der Waals surface area contributed by atoms with Gasteiger partial charge >= 0.3 is 12.1 Å². The van der Waals surface area contributed by atoms with Gasteiger partial charge < -0.3 is 9.42 Å². The number of amides is 1. The van der Waals surface area contributed by atoms with Gasteiger partial charge in [0.2, 0.25) is 5.82 Å². The van der Waals surface area contributed by atoms with Gasteiger partial charge in [-0.25, -0.2) is 4.39 Å². The van der Waals surface area contributed by atoms with Crippen LogP contribution in [0.15, 0.2) is 22.7 Å². The van der Waals surface area contributed by atoms with E-state index in [2.05, 4.69) is 14.7 Å². The van der Waals surface area contributed by atoms with Crippen LogP contribution < -0.4 is 0 Å². The number of hydrogen-bond donors (Lipinski definition) is 0. The van der Waals surface area contributed by atoms with Gasteiger partial charge in [-0.15, -0.1) is 0 Å². The Bertz CT molecular complexity index is 741. The fourth-order valence-electron chi connectivity index (χ4n) is 2.12. The third-order valence-corrected chi connectivity index (χ3v) is 3.11. The topological polar surface area (TPSA) is 59.2 Å². The summed E-state index contributed by atoms with van der Waals surface area (Å²) in [5.41, 5.74) is -0.198. The van der Waals surface area contributed by atoms with Crippen LogP contribution in [0.1, 0.15) is 30.1 Å². The van der Waals surface area contributed by atoms with Gasteiger partial charge in [-0.2, -0.15) is 18.2 Å². The van der Waals surface area contributed by atoms with E-state index in [1.165, 1.54) is 17.0 Å². The normalized spacial score (nSPS) is 11.8. The van der Waals surface area contributed by atoms with E-state index in [0.29, 0.717) is 6.54 Å². The lowest BCUT2D eigenvalue weighted by molar-refractivity contribution is -0.159. The van der Waals surface area contributed by atoms with Crippen molar-refractivity contribution in [2.75, 3.05) is 13.6 Å². The minimum absolute atomic E-state index is 0.0187. The molecule has 0 aliphatic carbocycles. The number of halogens is 4. The van der Waals surface area contributed by atoms with Gasteiger partial charge in [-0.3, -0.25) is 4.79 Å². The first-order chi connectivity index (χ1) is 11.1. The summed E-state index contributed by atoms with van der Waals surface area (Å²) in [6.07, 6.45) is -4.78. The third kappa shape index (κ3) is 3.90. The second kappa shape index (κ2) is 6.58. The minimum Gasteiger partial charge on any atom is -0.341 e. The highest BCUT2D eigenvalue weighted by molar-refractivity contribution is 5.94. The van der Waals surface area contributed by atoms with Crippen LogP contribution in [0.25, 0.3) is 11.4 Å². The number of hydrogen-bond acceptors (Lipinski definition) is 4. The summed E-state index contributed by atoms with van der Waals surface area (Å²) in [5.74, 6) is -3.10. The van der Waals surface area contributed by atoms with Crippen molar-refractivity contribution in [2.24, 2.45) is 5.92 Å². The zero-order valence-electron chi connectivity index (χ0n) is 13.2. The Hall–Kier alpha value is -2.45. The molecule has 0 bridgehead atoms. The number of rotatable bonds is 4. The fourth-order valence-corrected chi connectivity index (χ4v) is 2.12. The van der Waals surface area contributed by atoms with Crippen molar-refractivity contribution < 1.29 is 26.9 Å². The summed E-state index contributed by atoms with van der Waals surface area (Å²) in [7, 11) is 1.55. The molecule has 0 atom stereocenters. The second-order valence-corrected chi connectivity index (χ2v) is 5.70. The lowest BCUT2D eigenvalue weighted by Gasteiger charge is -2.19. The summed E-state index contributed by atoms with van der Waals surface area (Å²) in [6.45, 7) is 4.27. The summed E-state index contributed by atoms with van der Waals surface area (Å²) in [6, 6.07) is 3.36. The molecule has 2 rings (SSSR count). The van der Waals surface area contributed by atoms with Crippen LogP contribution in [-0.2, 0) is 6.18 Å². The van der Waals surface area contributed by atoms with E-state index in [-0.39, 0.29) is 17.0 Å². The van der Waals surface area contributed by atoms with Gasteiger partial charge in [0.1, 0.15) is 5.82 Å². The van der Waals surface area contributed by atoms with Crippen molar-refractivity contribution >= 4 is 5.91 Å². The monoisotopic (exact) mass is 345 g/mol.